The fourth-order valence-corrected chi connectivity index (χ4v) is 5.32. The monoisotopic (exact) mass is 569 g/mol. The number of nitrogens with one attached hydrogen (secondary N) is 2. The van der Waals surface area contributed by atoms with Crippen molar-refractivity contribution in [3.63, 3.8) is 0 Å². The van der Waals surface area contributed by atoms with Gasteiger partial charge in [-0.3, -0.25) is 14.4 Å². The molecular formula is C27H38ClF2N5O4. The summed E-state index contributed by atoms with van der Waals surface area (Å²) in [7, 11) is 5.07. The van der Waals surface area contributed by atoms with Crippen LogP contribution in [-0.2, 0) is 16.6 Å². The van der Waals surface area contributed by atoms with Gasteiger partial charge < -0.3 is 29.7 Å². The molecule has 1 aliphatic heterocycles. The molecule has 12 heteroatoms. The maximum Gasteiger partial charge on any atom is 0.270 e. The smallest absolute Gasteiger partial charge is 0.270 e. The highest BCUT2D eigenvalue weighted by Gasteiger charge is 2.42. The predicted octanol–water partition coefficient (Wildman–Crippen LogP) is 2.81. The zero-order valence-electron chi connectivity index (χ0n) is 22.8. The summed E-state index contributed by atoms with van der Waals surface area (Å²) in [6.45, 7) is 2.97. The lowest BCUT2D eigenvalue weighted by atomic mass is 9.81. The molecule has 2 N–H and O–H groups in total. The number of methoxy groups -OCH3 is 1. The summed E-state index contributed by atoms with van der Waals surface area (Å²) < 4.78 is 34.7. The van der Waals surface area contributed by atoms with Gasteiger partial charge in [0.05, 0.1) is 18.7 Å². The summed E-state index contributed by atoms with van der Waals surface area (Å²) in [6.07, 6.45) is -0.250. The minimum Gasteiger partial charge on any atom is -0.497 e. The molecule has 2 fully saturated rings. The Balaban J connectivity index is 0.00000420. The molecule has 2 aromatic rings. The number of aryl methyl sites for hydroxylation is 1. The van der Waals surface area contributed by atoms with Crippen molar-refractivity contribution in [3.05, 3.63) is 30.0 Å². The average Bonchev–Trinajstić information content (AvgIpc) is 3.26. The minimum atomic E-state index is -2.73. The third kappa shape index (κ3) is 6.63. The third-order valence-electron chi connectivity index (χ3n) is 7.97. The second-order valence-corrected chi connectivity index (χ2v) is 10.3. The van der Waals surface area contributed by atoms with Gasteiger partial charge in [-0.2, -0.15) is 0 Å². The van der Waals surface area contributed by atoms with Crippen LogP contribution in [0.1, 0.15) is 43.1 Å². The van der Waals surface area contributed by atoms with Gasteiger partial charge in [0.25, 0.3) is 5.91 Å². The number of likely N-dealkylation sites (N-methyl/N-ethyl adjacent to an activating group) is 1. The van der Waals surface area contributed by atoms with Gasteiger partial charge in [-0.15, -0.1) is 12.4 Å². The molecule has 1 aromatic carbocycles. The molecule has 3 amide bonds. The Kier molecular flexibility index (Phi) is 9.82. The molecule has 2 aliphatic rings. The number of fused-ring (bicyclic) bond motifs is 1. The molecule has 4 rings (SSSR count). The van der Waals surface area contributed by atoms with Gasteiger partial charge in [0.15, 0.2) is 0 Å². The van der Waals surface area contributed by atoms with Crippen LogP contribution in [0.5, 0.6) is 5.75 Å². The van der Waals surface area contributed by atoms with Gasteiger partial charge in [0.1, 0.15) is 17.5 Å². The summed E-state index contributed by atoms with van der Waals surface area (Å²) in [6, 6.07) is 6.10. The van der Waals surface area contributed by atoms with E-state index in [1.54, 1.807) is 30.9 Å². The number of rotatable bonds is 7. The van der Waals surface area contributed by atoms with Gasteiger partial charge in [-0.25, -0.2) is 8.78 Å². The molecule has 1 saturated heterocycles. The Morgan fingerprint density at radius 2 is 1.67 bits per heavy atom. The van der Waals surface area contributed by atoms with Crippen molar-refractivity contribution in [3.8, 4) is 5.75 Å². The number of amides is 3. The Morgan fingerprint density at radius 1 is 1.05 bits per heavy atom. The quantitative estimate of drug-likeness (QED) is 0.535. The summed E-state index contributed by atoms with van der Waals surface area (Å²) in [5.74, 6) is -3.13. The van der Waals surface area contributed by atoms with E-state index in [0.717, 1.165) is 10.9 Å². The number of benzene rings is 1. The maximum absolute atomic E-state index is 13.8. The highest BCUT2D eigenvalue weighted by atomic mass is 35.5. The molecule has 2 heterocycles. The minimum absolute atomic E-state index is 0. The first-order valence-electron chi connectivity index (χ1n) is 13.1. The molecule has 2 atom stereocenters. The van der Waals surface area contributed by atoms with Crippen LogP contribution < -0.4 is 15.4 Å². The van der Waals surface area contributed by atoms with Crippen LogP contribution in [0.3, 0.4) is 0 Å². The van der Waals surface area contributed by atoms with Crippen LogP contribution in [0, 0.1) is 5.92 Å². The van der Waals surface area contributed by atoms with E-state index in [1.807, 2.05) is 35.9 Å². The highest BCUT2D eigenvalue weighted by molar-refractivity contribution is 5.99. The van der Waals surface area contributed by atoms with Crippen LogP contribution >= 0.6 is 12.4 Å². The van der Waals surface area contributed by atoms with Gasteiger partial charge in [-0.05, 0) is 50.9 Å². The number of piperazine rings is 1. The molecule has 216 valence electrons. The lowest BCUT2D eigenvalue weighted by Crippen LogP contribution is -2.59. The van der Waals surface area contributed by atoms with Crippen molar-refractivity contribution in [2.45, 2.75) is 50.6 Å². The summed E-state index contributed by atoms with van der Waals surface area (Å²) in [5, 5.41) is 6.60. The van der Waals surface area contributed by atoms with Crippen LogP contribution in [-0.4, -0.2) is 90.4 Å². The molecule has 0 unspecified atom stereocenters. The normalized spacial score (nSPS) is 19.2. The molecular weight excluding hydrogens is 532 g/mol. The number of nitrogens with zero attached hydrogens (tertiary/aromatic N) is 3. The van der Waals surface area contributed by atoms with Gasteiger partial charge in [0, 0.05) is 57.5 Å². The first-order chi connectivity index (χ1) is 18.0. The average molecular weight is 570 g/mol. The molecule has 9 nitrogen and oxygen atoms in total. The Bertz CT molecular complexity index is 1190. The number of halogens is 3. The van der Waals surface area contributed by atoms with Crippen LogP contribution in [0.4, 0.5) is 8.78 Å². The van der Waals surface area contributed by atoms with Crippen molar-refractivity contribution in [1.82, 2.24) is 25.0 Å². The number of aromatic nitrogens is 1. The lowest BCUT2D eigenvalue weighted by Gasteiger charge is -2.39. The first-order valence-corrected chi connectivity index (χ1v) is 13.1. The topological polar surface area (TPSA) is 95.9 Å². The Hall–Kier alpha value is -2.92. The molecule has 1 saturated carbocycles. The molecule has 0 spiro atoms. The van der Waals surface area contributed by atoms with E-state index in [0.29, 0.717) is 37.6 Å². The third-order valence-corrected chi connectivity index (χ3v) is 7.97. The zero-order chi connectivity index (χ0) is 27.6. The van der Waals surface area contributed by atoms with E-state index in [9.17, 15) is 23.2 Å². The van der Waals surface area contributed by atoms with E-state index < -0.39 is 18.0 Å². The van der Waals surface area contributed by atoms with Crippen LogP contribution in [0.2, 0.25) is 0 Å². The van der Waals surface area contributed by atoms with Crippen molar-refractivity contribution in [2.75, 3.05) is 40.3 Å². The van der Waals surface area contributed by atoms with Crippen molar-refractivity contribution >= 4 is 41.0 Å². The van der Waals surface area contributed by atoms with Crippen molar-refractivity contribution < 1.29 is 27.9 Å². The van der Waals surface area contributed by atoms with Gasteiger partial charge in [-0.1, -0.05) is 0 Å². The fraction of sp³-hybridized carbons (Fsp3) is 0.593. The number of carbonyl (C=O) groups excluding carboxylic acids is 3. The maximum atomic E-state index is 13.8. The fourth-order valence-electron chi connectivity index (χ4n) is 5.32. The SMILES string of the molecule is CN[C@@H](C)C(=O)N[C@H](C(=O)N1CCN(C(=O)c2cc3ccc(OC)cc3n2C)CC1)C1CCC(F)(F)CC1.Cl. The van der Waals surface area contributed by atoms with E-state index in [4.69, 9.17) is 4.74 Å². The molecule has 0 radical (unpaired) electrons. The number of carbonyl (C=O) groups is 3. The largest absolute Gasteiger partial charge is 0.497 e. The summed E-state index contributed by atoms with van der Waals surface area (Å²) in [5.41, 5.74) is 1.43. The lowest BCUT2D eigenvalue weighted by molar-refractivity contribution is -0.141. The van der Waals surface area contributed by atoms with Gasteiger partial charge >= 0.3 is 0 Å². The zero-order valence-corrected chi connectivity index (χ0v) is 23.7. The highest BCUT2D eigenvalue weighted by Crippen LogP contribution is 2.38. The van der Waals surface area contributed by atoms with E-state index in [1.165, 1.54) is 0 Å². The predicted molar refractivity (Wildman–Crippen MR) is 147 cm³/mol. The van der Waals surface area contributed by atoms with E-state index in [-0.39, 0.29) is 61.7 Å². The summed E-state index contributed by atoms with van der Waals surface area (Å²) in [4.78, 5) is 42.9. The number of hydrogen-bond donors (Lipinski definition) is 2. The Labute approximate surface area is 233 Å². The number of alkyl halides is 2. The summed E-state index contributed by atoms with van der Waals surface area (Å²) >= 11 is 0. The second kappa shape index (κ2) is 12.5. The first kappa shape index (κ1) is 30.6. The standard InChI is InChI=1S/C27H37F2N5O4.ClH/c1-17(30-2)24(35)31-23(18-7-9-27(28,29)10-8-18)26(37)34-13-11-33(12-14-34)25(36)22-15-19-5-6-20(38-4)16-21(19)32(22)3;/h5-6,15-18,23,30H,7-14H2,1-4H3,(H,31,35);1H/t17-,23-;/m0./s1. The van der Waals surface area contributed by atoms with Crippen molar-refractivity contribution in [2.24, 2.45) is 13.0 Å². The second-order valence-electron chi connectivity index (χ2n) is 10.3. The van der Waals surface area contributed by atoms with Crippen LogP contribution in [0.25, 0.3) is 10.9 Å². The Morgan fingerprint density at radius 3 is 2.26 bits per heavy atom. The molecule has 1 aliphatic carbocycles. The molecule has 39 heavy (non-hydrogen) atoms. The van der Waals surface area contributed by atoms with E-state index >= 15 is 0 Å². The number of hydrogen-bond acceptors (Lipinski definition) is 5. The van der Waals surface area contributed by atoms with E-state index in [2.05, 4.69) is 10.6 Å². The van der Waals surface area contributed by atoms with Gasteiger partial charge in [0.2, 0.25) is 17.7 Å². The van der Waals surface area contributed by atoms with Crippen LogP contribution in [0.15, 0.2) is 24.3 Å². The molecule has 1 aromatic heterocycles. The molecule has 0 bridgehead atoms. The number of ether oxygens (including phenoxy) is 1. The van der Waals surface area contributed by atoms with Crippen molar-refractivity contribution in [1.29, 1.82) is 0 Å².